The molecule has 8 nitrogen and oxygen atoms in total. The van der Waals surface area contributed by atoms with Gasteiger partial charge in [-0.25, -0.2) is 0 Å². The molecule has 0 aliphatic heterocycles. The molecule has 3 rings (SSSR count). The summed E-state index contributed by atoms with van der Waals surface area (Å²) in [5.41, 5.74) is 1.09. The van der Waals surface area contributed by atoms with Crippen molar-refractivity contribution in [1.82, 2.24) is 24.6 Å². The van der Waals surface area contributed by atoms with E-state index in [9.17, 15) is 14.4 Å². The van der Waals surface area contributed by atoms with Crippen LogP contribution in [-0.4, -0.2) is 25.2 Å². The van der Waals surface area contributed by atoms with Crippen LogP contribution in [0.5, 0.6) is 0 Å². The number of carbonyl (C=O) groups is 1. The molecule has 0 atom stereocenters. The van der Waals surface area contributed by atoms with Gasteiger partial charge in [0.2, 0.25) is 5.91 Å². The van der Waals surface area contributed by atoms with Gasteiger partial charge in [0.25, 0.3) is 11.1 Å². The zero-order valence-corrected chi connectivity index (χ0v) is 13.4. The summed E-state index contributed by atoms with van der Waals surface area (Å²) in [4.78, 5) is 40.6. The molecule has 2 N–H and O–H groups in total. The number of aromatic nitrogens is 4. The van der Waals surface area contributed by atoms with Crippen LogP contribution in [0.2, 0.25) is 0 Å². The third kappa shape index (κ3) is 2.85. The Balaban J connectivity index is 1.84. The molecule has 0 saturated carbocycles. The Kier molecular flexibility index (Phi) is 4.03. The lowest BCUT2D eigenvalue weighted by Gasteiger charge is -2.10. The topological polar surface area (TPSA) is 102 Å². The largest absolute Gasteiger partial charge is 0.349 e. The second-order valence-electron chi connectivity index (χ2n) is 5.52. The molecule has 0 aliphatic rings. The van der Waals surface area contributed by atoms with Crippen molar-refractivity contribution in [2.24, 2.45) is 7.05 Å². The number of amides is 1. The molecule has 3 aromatic rings. The lowest BCUT2D eigenvalue weighted by molar-refractivity contribution is -0.121. The number of hydrogen-bond acceptors (Lipinski definition) is 4. The van der Waals surface area contributed by atoms with Gasteiger partial charge in [0, 0.05) is 25.0 Å². The normalized spacial score (nSPS) is 10.9. The van der Waals surface area contributed by atoms with Crippen molar-refractivity contribution in [3.8, 4) is 0 Å². The summed E-state index contributed by atoms with van der Waals surface area (Å²) in [5, 5.41) is 5.95. The highest BCUT2D eigenvalue weighted by molar-refractivity contribution is 5.81. The van der Waals surface area contributed by atoms with Crippen molar-refractivity contribution in [2.75, 3.05) is 0 Å². The predicted molar refractivity (Wildman–Crippen MR) is 88.6 cm³/mol. The summed E-state index contributed by atoms with van der Waals surface area (Å²) in [6.07, 6.45) is 1.64. The first kappa shape index (κ1) is 15.7. The quantitative estimate of drug-likeness (QED) is 0.707. The van der Waals surface area contributed by atoms with Gasteiger partial charge in [-0.2, -0.15) is 0 Å². The van der Waals surface area contributed by atoms with Crippen LogP contribution in [0.4, 0.5) is 0 Å². The van der Waals surface area contributed by atoms with Crippen LogP contribution in [0.25, 0.3) is 10.9 Å². The third-order valence-corrected chi connectivity index (χ3v) is 3.87. The van der Waals surface area contributed by atoms with E-state index in [1.165, 1.54) is 15.3 Å². The average molecular weight is 327 g/mol. The van der Waals surface area contributed by atoms with Gasteiger partial charge in [0.15, 0.2) is 0 Å². The number of H-pyrrole nitrogens is 1. The summed E-state index contributed by atoms with van der Waals surface area (Å²) < 4.78 is 2.61. The Bertz CT molecular complexity index is 1010. The maximum absolute atomic E-state index is 12.2. The van der Waals surface area contributed by atoms with Gasteiger partial charge in [-0.15, -0.1) is 0 Å². The van der Waals surface area contributed by atoms with Crippen LogP contribution in [0.3, 0.4) is 0 Å². The summed E-state index contributed by atoms with van der Waals surface area (Å²) in [5.74, 6) is -0.322. The Hall–Kier alpha value is -3.16. The third-order valence-electron chi connectivity index (χ3n) is 3.87. The van der Waals surface area contributed by atoms with Crippen molar-refractivity contribution >= 4 is 16.8 Å². The van der Waals surface area contributed by atoms with E-state index in [-0.39, 0.29) is 30.1 Å². The van der Waals surface area contributed by atoms with Gasteiger partial charge < -0.3 is 9.88 Å². The van der Waals surface area contributed by atoms with Gasteiger partial charge in [0.05, 0.1) is 23.1 Å². The lowest BCUT2D eigenvalue weighted by atomic mass is 10.2. The van der Waals surface area contributed by atoms with E-state index in [0.29, 0.717) is 16.6 Å². The number of fused-ring (bicyclic) bond motifs is 1. The van der Waals surface area contributed by atoms with Crippen LogP contribution in [0.1, 0.15) is 11.4 Å². The minimum atomic E-state index is -0.338. The van der Waals surface area contributed by atoms with Crippen molar-refractivity contribution < 1.29 is 4.79 Å². The van der Waals surface area contributed by atoms with Gasteiger partial charge in [-0.1, -0.05) is 6.07 Å². The van der Waals surface area contributed by atoms with Gasteiger partial charge in [-0.3, -0.25) is 29.1 Å². The molecular formula is C16H17N5O3. The maximum Gasteiger partial charge on any atom is 0.275 e. The zero-order chi connectivity index (χ0) is 17.3. The second-order valence-corrected chi connectivity index (χ2v) is 5.52. The number of aromatic amines is 1. The van der Waals surface area contributed by atoms with Crippen LogP contribution in [-0.2, 0) is 24.9 Å². The smallest absolute Gasteiger partial charge is 0.275 e. The van der Waals surface area contributed by atoms with Crippen LogP contribution in [0, 0.1) is 6.92 Å². The molecule has 0 fully saturated rings. The highest BCUT2D eigenvalue weighted by Gasteiger charge is 2.14. The molecule has 3 heterocycles. The monoisotopic (exact) mass is 327 g/mol. The van der Waals surface area contributed by atoms with E-state index < -0.39 is 0 Å². The number of pyridine rings is 2. The molecule has 0 bridgehead atoms. The molecule has 124 valence electrons. The van der Waals surface area contributed by atoms with Crippen LogP contribution in [0.15, 0.2) is 40.1 Å². The van der Waals surface area contributed by atoms with E-state index in [4.69, 9.17) is 0 Å². The Morgan fingerprint density at radius 3 is 2.83 bits per heavy atom. The minimum absolute atomic E-state index is 0.151. The summed E-state index contributed by atoms with van der Waals surface area (Å²) in [6, 6.07) is 6.75. The Labute approximate surface area is 136 Å². The predicted octanol–water partition coefficient (Wildman–Crippen LogP) is 0.0481. The molecule has 3 aromatic heterocycles. The van der Waals surface area contributed by atoms with E-state index in [2.05, 4.69) is 15.4 Å². The van der Waals surface area contributed by atoms with Crippen molar-refractivity contribution in [3.05, 3.63) is 62.6 Å². The highest BCUT2D eigenvalue weighted by Crippen LogP contribution is 2.09. The summed E-state index contributed by atoms with van der Waals surface area (Å²) >= 11 is 0. The Morgan fingerprint density at radius 1 is 1.33 bits per heavy atom. The first-order valence-corrected chi connectivity index (χ1v) is 7.43. The molecular weight excluding hydrogens is 310 g/mol. The summed E-state index contributed by atoms with van der Waals surface area (Å²) in [6.45, 7) is 1.79. The van der Waals surface area contributed by atoms with Crippen LogP contribution >= 0.6 is 0 Å². The number of aryl methyl sites for hydroxylation is 2. The van der Waals surface area contributed by atoms with Gasteiger partial charge in [-0.05, 0) is 19.1 Å². The zero-order valence-electron chi connectivity index (χ0n) is 13.4. The second kappa shape index (κ2) is 6.15. The van der Waals surface area contributed by atoms with Crippen molar-refractivity contribution in [3.63, 3.8) is 0 Å². The number of nitrogens with zero attached hydrogens (tertiary/aromatic N) is 3. The van der Waals surface area contributed by atoms with E-state index in [0.717, 1.165) is 5.69 Å². The number of rotatable bonds is 4. The Morgan fingerprint density at radius 2 is 2.12 bits per heavy atom. The highest BCUT2D eigenvalue weighted by atomic mass is 16.2. The first-order valence-electron chi connectivity index (χ1n) is 7.43. The fourth-order valence-electron chi connectivity index (χ4n) is 2.61. The number of hydrogen-bond donors (Lipinski definition) is 2. The van der Waals surface area contributed by atoms with E-state index in [1.807, 2.05) is 6.07 Å². The standard InChI is InChI=1S/C16H17N5O3/c1-10-15-12(19-20(2)16(15)24)7-14(23)21(10)9-13(22)18-8-11-5-3-4-6-17-11/h3-7,19H,8-9H2,1-2H3,(H,18,22). The molecule has 0 radical (unpaired) electrons. The molecule has 0 unspecified atom stereocenters. The van der Waals surface area contributed by atoms with Crippen molar-refractivity contribution in [2.45, 2.75) is 20.0 Å². The number of nitrogens with one attached hydrogen (secondary N) is 2. The fraction of sp³-hybridized carbons (Fsp3) is 0.250. The molecule has 8 heteroatoms. The van der Waals surface area contributed by atoms with Crippen molar-refractivity contribution in [1.29, 1.82) is 0 Å². The van der Waals surface area contributed by atoms with E-state index >= 15 is 0 Å². The molecule has 0 spiro atoms. The summed E-state index contributed by atoms with van der Waals surface area (Å²) in [7, 11) is 1.58. The fourth-order valence-corrected chi connectivity index (χ4v) is 2.61. The van der Waals surface area contributed by atoms with E-state index in [1.54, 1.807) is 32.3 Å². The SMILES string of the molecule is Cc1c2c(=O)n(C)[nH]c2cc(=O)n1CC(=O)NCc1ccccn1. The molecule has 0 aliphatic carbocycles. The van der Waals surface area contributed by atoms with Gasteiger partial charge in [0.1, 0.15) is 6.54 Å². The molecule has 0 saturated heterocycles. The molecule has 1 amide bonds. The molecule has 0 aromatic carbocycles. The van der Waals surface area contributed by atoms with Gasteiger partial charge >= 0.3 is 0 Å². The minimum Gasteiger partial charge on any atom is -0.349 e. The average Bonchev–Trinajstić information content (AvgIpc) is 2.85. The molecule has 24 heavy (non-hydrogen) atoms. The van der Waals surface area contributed by atoms with Crippen LogP contribution < -0.4 is 16.4 Å². The first-order chi connectivity index (χ1) is 11.5. The number of carbonyl (C=O) groups excluding carboxylic acids is 1. The lowest BCUT2D eigenvalue weighted by Crippen LogP contribution is -2.33. The maximum atomic E-state index is 12.2.